The van der Waals surface area contributed by atoms with Crippen LogP contribution in [0, 0.1) is 5.92 Å². The molecule has 1 heterocycles. The third-order valence-electron chi connectivity index (χ3n) is 3.35. The molecule has 17 heavy (non-hydrogen) atoms. The van der Waals surface area contributed by atoms with Gasteiger partial charge < -0.3 is 10.1 Å². The molecule has 0 aliphatic carbocycles. The fourth-order valence-electron chi connectivity index (χ4n) is 2.40. The minimum absolute atomic E-state index is 0.647. The van der Waals surface area contributed by atoms with Crippen molar-refractivity contribution in [2.75, 3.05) is 39.4 Å². The Labute approximate surface area is 107 Å². The van der Waals surface area contributed by atoms with E-state index in [1.807, 2.05) is 0 Å². The predicted molar refractivity (Wildman–Crippen MR) is 73.4 cm³/mol. The highest BCUT2D eigenvalue weighted by Crippen LogP contribution is 2.15. The molecule has 0 radical (unpaired) electrons. The molecule has 1 unspecified atom stereocenters. The SMILES string of the molecule is CCNCC1CCCCN1CCOCC(C)C. The summed E-state index contributed by atoms with van der Waals surface area (Å²) in [6.07, 6.45) is 4.09. The number of ether oxygens (including phenoxy) is 1. The summed E-state index contributed by atoms with van der Waals surface area (Å²) in [6, 6.07) is 0.728. The van der Waals surface area contributed by atoms with Gasteiger partial charge in [0.25, 0.3) is 0 Å². The van der Waals surface area contributed by atoms with E-state index in [4.69, 9.17) is 4.74 Å². The van der Waals surface area contributed by atoms with Crippen LogP contribution in [-0.2, 0) is 4.74 Å². The second-order valence-electron chi connectivity index (χ2n) is 5.46. The van der Waals surface area contributed by atoms with Gasteiger partial charge in [0.1, 0.15) is 0 Å². The molecule has 3 nitrogen and oxygen atoms in total. The summed E-state index contributed by atoms with van der Waals surface area (Å²) < 4.78 is 5.69. The molecule has 1 atom stereocenters. The average Bonchev–Trinajstić information content (AvgIpc) is 2.33. The first-order valence-corrected chi connectivity index (χ1v) is 7.26. The zero-order valence-electron chi connectivity index (χ0n) is 11.9. The van der Waals surface area contributed by atoms with Crippen LogP contribution in [0.15, 0.2) is 0 Å². The van der Waals surface area contributed by atoms with E-state index in [9.17, 15) is 0 Å². The maximum atomic E-state index is 5.69. The lowest BCUT2D eigenvalue weighted by atomic mass is 10.0. The van der Waals surface area contributed by atoms with Gasteiger partial charge in [-0.2, -0.15) is 0 Å². The van der Waals surface area contributed by atoms with Gasteiger partial charge in [0.2, 0.25) is 0 Å². The summed E-state index contributed by atoms with van der Waals surface area (Å²) in [6.45, 7) is 12.9. The Morgan fingerprint density at radius 1 is 1.35 bits per heavy atom. The van der Waals surface area contributed by atoms with E-state index in [1.165, 1.54) is 25.8 Å². The van der Waals surface area contributed by atoms with Crippen molar-refractivity contribution < 1.29 is 4.74 Å². The summed E-state index contributed by atoms with van der Waals surface area (Å²) in [7, 11) is 0. The molecule has 0 saturated carbocycles. The Kier molecular flexibility index (Phi) is 7.82. The van der Waals surface area contributed by atoms with Gasteiger partial charge in [-0.3, -0.25) is 4.90 Å². The van der Waals surface area contributed by atoms with E-state index in [-0.39, 0.29) is 0 Å². The molecule has 3 heteroatoms. The number of rotatable bonds is 8. The van der Waals surface area contributed by atoms with Crippen LogP contribution in [0.4, 0.5) is 0 Å². The molecular weight excluding hydrogens is 212 g/mol. The van der Waals surface area contributed by atoms with Crippen LogP contribution >= 0.6 is 0 Å². The van der Waals surface area contributed by atoms with Crippen molar-refractivity contribution in [1.82, 2.24) is 10.2 Å². The van der Waals surface area contributed by atoms with Crippen molar-refractivity contribution in [3.63, 3.8) is 0 Å². The molecule has 102 valence electrons. The first-order valence-electron chi connectivity index (χ1n) is 7.26. The molecule has 0 amide bonds. The highest BCUT2D eigenvalue weighted by molar-refractivity contribution is 4.78. The molecule has 0 spiro atoms. The van der Waals surface area contributed by atoms with Crippen LogP contribution in [0.3, 0.4) is 0 Å². The summed E-state index contributed by atoms with van der Waals surface area (Å²) in [5, 5.41) is 3.47. The monoisotopic (exact) mass is 242 g/mol. The van der Waals surface area contributed by atoms with Gasteiger partial charge >= 0.3 is 0 Å². The van der Waals surface area contributed by atoms with Gasteiger partial charge in [-0.15, -0.1) is 0 Å². The van der Waals surface area contributed by atoms with Crippen LogP contribution < -0.4 is 5.32 Å². The lowest BCUT2D eigenvalue weighted by molar-refractivity contribution is 0.0601. The van der Waals surface area contributed by atoms with Crippen molar-refractivity contribution in [2.24, 2.45) is 5.92 Å². The third-order valence-corrected chi connectivity index (χ3v) is 3.35. The van der Waals surface area contributed by atoms with Crippen LogP contribution in [0.1, 0.15) is 40.0 Å². The van der Waals surface area contributed by atoms with Gasteiger partial charge in [-0.05, 0) is 31.8 Å². The Bertz CT molecular complexity index is 185. The van der Waals surface area contributed by atoms with Crippen molar-refractivity contribution in [3.8, 4) is 0 Å². The highest BCUT2D eigenvalue weighted by atomic mass is 16.5. The van der Waals surface area contributed by atoms with Crippen LogP contribution in [0.25, 0.3) is 0 Å². The van der Waals surface area contributed by atoms with Gasteiger partial charge in [0.15, 0.2) is 0 Å². The van der Waals surface area contributed by atoms with Gasteiger partial charge in [-0.1, -0.05) is 27.2 Å². The summed E-state index contributed by atoms with van der Waals surface area (Å²) in [5.41, 5.74) is 0. The van der Waals surface area contributed by atoms with Gasteiger partial charge in [0.05, 0.1) is 6.61 Å². The first-order chi connectivity index (χ1) is 8.24. The molecule has 1 N–H and O–H groups in total. The van der Waals surface area contributed by atoms with Gasteiger partial charge in [-0.25, -0.2) is 0 Å². The van der Waals surface area contributed by atoms with Crippen LogP contribution in [-0.4, -0.2) is 50.3 Å². The first kappa shape index (κ1) is 14.9. The number of likely N-dealkylation sites (N-methyl/N-ethyl adjacent to an activating group) is 1. The van der Waals surface area contributed by atoms with Gasteiger partial charge in [0, 0.05) is 25.7 Å². The Hall–Kier alpha value is -0.120. The number of piperidine rings is 1. The Morgan fingerprint density at radius 3 is 2.88 bits per heavy atom. The summed E-state index contributed by atoms with van der Waals surface area (Å²) in [5.74, 6) is 0.647. The fraction of sp³-hybridized carbons (Fsp3) is 1.00. The average molecular weight is 242 g/mol. The highest BCUT2D eigenvalue weighted by Gasteiger charge is 2.21. The molecule has 1 saturated heterocycles. The van der Waals surface area contributed by atoms with E-state index < -0.39 is 0 Å². The van der Waals surface area contributed by atoms with Crippen molar-refractivity contribution in [1.29, 1.82) is 0 Å². The molecule has 0 bridgehead atoms. The smallest absolute Gasteiger partial charge is 0.0593 e. The maximum absolute atomic E-state index is 5.69. The quantitative estimate of drug-likeness (QED) is 0.660. The van der Waals surface area contributed by atoms with E-state index in [0.29, 0.717) is 5.92 Å². The van der Waals surface area contributed by atoms with Crippen LogP contribution in [0.2, 0.25) is 0 Å². The molecule has 0 aromatic carbocycles. The standard InChI is InChI=1S/C14H30N2O/c1-4-15-11-14-7-5-6-8-16(14)9-10-17-12-13(2)3/h13-15H,4-12H2,1-3H3. The lowest BCUT2D eigenvalue weighted by Crippen LogP contribution is -2.46. The number of likely N-dealkylation sites (tertiary alicyclic amines) is 1. The normalized spacial score (nSPS) is 22.2. The minimum Gasteiger partial charge on any atom is -0.380 e. The molecule has 0 aromatic heterocycles. The largest absolute Gasteiger partial charge is 0.380 e. The second-order valence-corrected chi connectivity index (χ2v) is 5.46. The molecule has 1 fully saturated rings. The predicted octanol–water partition coefficient (Wildman–Crippen LogP) is 2.12. The molecular formula is C14H30N2O. The van der Waals surface area contributed by atoms with Crippen LogP contribution in [0.5, 0.6) is 0 Å². The van der Waals surface area contributed by atoms with E-state index in [2.05, 4.69) is 31.0 Å². The van der Waals surface area contributed by atoms with Crippen molar-refractivity contribution >= 4 is 0 Å². The molecule has 0 aromatic rings. The molecule has 1 aliphatic rings. The number of hydrogen-bond acceptors (Lipinski definition) is 3. The Morgan fingerprint density at radius 2 is 2.18 bits per heavy atom. The minimum atomic E-state index is 0.647. The zero-order valence-corrected chi connectivity index (χ0v) is 11.9. The van der Waals surface area contributed by atoms with Crippen molar-refractivity contribution in [2.45, 2.75) is 46.1 Å². The lowest BCUT2D eigenvalue weighted by Gasteiger charge is -2.35. The molecule has 1 aliphatic heterocycles. The summed E-state index contributed by atoms with van der Waals surface area (Å²) in [4.78, 5) is 2.60. The van der Waals surface area contributed by atoms with E-state index in [1.54, 1.807) is 0 Å². The zero-order chi connectivity index (χ0) is 12.5. The van der Waals surface area contributed by atoms with E-state index >= 15 is 0 Å². The number of hydrogen-bond donors (Lipinski definition) is 1. The van der Waals surface area contributed by atoms with E-state index in [0.717, 1.165) is 38.9 Å². The van der Waals surface area contributed by atoms with Crippen molar-refractivity contribution in [3.05, 3.63) is 0 Å². The fourth-order valence-corrected chi connectivity index (χ4v) is 2.40. The Balaban J connectivity index is 2.18. The third kappa shape index (κ3) is 6.39. The topological polar surface area (TPSA) is 24.5 Å². The molecule has 1 rings (SSSR count). The number of nitrogens with one attached hydrogen (secondary N) is 1. The number of nitrogens with zero attached hydrogens (tertiary/aromatic N) is 1. The maximum Gasteiger partial charge on any atom is 0.0593 e. The second kappa shape index (κ2) is 8.90. The summed E-state index contributed by atoms with van der Waals surface area (Å²) >= 11 is 0.